The van der Waals surface area contributed by atoms with Crippen LogP contribution in [0.5, 0.6) is 0 Å². The van der Waals surface area contributed by atoms with Crippen LogP contribution in [0, 0.1) is 11.8 Å². The monoisotopic (exact) mass is 213 g/mol. The Hall–Kier alpha value is 0.130. The molecule has 0 amide bonds. The van der Waals surface area contributed by atoms with Gasteiger partial charge in [-0.3, -0.25) is 4.67 Å². The zero-order chi connectivity index (χ0) is 10.4. The van der Waals surface area contributed by atoms with E-state index in [2.05, 4.69) is 37.7 Å². The highest BCUT2D eigenvalue weighted by Crippen LogP contribution is 2.30. The zero-order valence-electron chi connectivity index (χ0n) is 9.79. The van der Waals surface area contributed by atoms with E-state index in [-0.39, 0.29) is 0 Å². The Kier molecular flexibility index (Phi) is 5.74. The minimum Gasteiger partial charge on any atom is -0.288 e. The van der Waals surface area contributed by atoms with E-state index in [0.29, 0.717) is 0 Å². The van der Waals surface area contributed by atoms with Gasteiger partial charge in [0.15, 0.2) is 0 Å². The molecular weight excluding hydrogens is 189 g/mol. The molecule has 1 nitrogen and oxygen atoms in total. The quantitative estimate of drug-likeness (QED) is 0.512. The molecule has 14 heavy (non-hydrogen) atoms. The molecule has 0 saturated carbocycles. The Morgan fingerprint density at radius 1 is 1.50 bits per heavy atom. The van der Waals surface area contributed by atoms with Crippen molar-refractivity contribution in [1.82, 2.24) is 4.67 Å². The SMILES string of the molecule is CC=CC(C)CC1CCPN(C)CC1. The third kappa shape index (κ3) is 4.57. The molecule has 1 aliphatic heterocycles. The fraction of sp³-hybridized carbons (Fsp3) is 0.833. The minimum atomic E-state index is 0.775. The molecule has 0 aliphatic carbocycles. The Labute approximate surface area is 90.8 Å². The first-order valence-electron chi connectivity index (χ1n) is 5.79. The molecule has 0 spiro atoms. The van der Waals surface area contributed by atoms with Gasteiger partial charge in [-0.05, 0) is 51.2 Å². The van der Waals surface area contributed by atoms with Gasteiger partial charge in [0, 0.05) is 6.54 Å². The normalized spacial score (nSPS) is 29.5. The molecule has 1 aliphatic rings. The Bertz CT molecular complexity index is 179. The zero-order valence-corrected chi connectivity index (χ0v) is 10.8. The average Bonchev–Trinajstić information content (AvgIpc) is 2.32. The third-order valence-electron chi connectivity index (χ3n) is 3.03. The first kappa shape index (κ1) is 12.2. The van der Waals surface area contributed by atoms with E-state index >= 15 is 0 Å². The second-order valence-electron chi connectivity index (χ2n) is 4.51. The molecule has 1 rings (SSSR count). The molecule has 0 aromatic carbocycles. The van der Waals surface area contributed by atoms with Gasteiger partial charge in [0.2, 0.25) is 0 Å². The van der Waals surface area contributed by atoms with Crippen molar-refractivity contribution in [3.8, 4) is 0 Å². The lowest BCUT2D eigenvalue weighted by atomic mass is 9.91. The van der Waals surface area contributed by atoms with Crippen molar-refractivity contribution in [3.05, 3.63) is 12.2 Å². The molecule has 0 N–H and O–H groups in total. The van der Waals surface area contributed by atoms with Crippen molar-refractivity contribution >= 4 is 8.73 Å². The highest BCUT2D eigenvalue weighted by molar-refractivity contribution is 7.35. The maximum Gasteiger partial charge on any atom is 0.00182 e. The van der Waals surface area contributed by atoms with Crippen LogP contribution in [0.3, 0.4) is 0 Å². The van der Waals surface area contributed by atoms with Gasteiger partial charge in [-0.25, -0.2) is 0 Å². The van der Waals surface area contributed by atoms with Gasteiger partial charge in [0.1, 0.15) is 0 Å². The van der Waals surface area contributed by atoms with Gasteiger partial charge in [-0.15, -0.1) is 0 Å². The van der Waals surface area contributed by atoms with E-state index < -0.39 is 0 Å². The van der Waals surface area contributed by atoms with Crippen LogP contribution in [-0.4, -0.2) is 24.4 Å². The Balaban J connectivity index is 2.29. The van der Waals surface area contributed by atoms with Gasteiger partial charge >= 0.3 is 0 Å². The van der Waals surface area contributed by atoms with Crippen LogP contribution in [0.2, 0.25) is 0 Å². The van der Waals surface area contributed by atoms with Crippen LogP contribution in [0.15, 0.2) is 12.2 Å². The maximum absolute atomic E-state index is 2.50. The summed E-state index contributed by atoms with van der Waals surface area (Å²) in [6, 6.07) is 0. The number of allylic oxidation sites excluding steroid dienone is 2. The van der Waals surface area contributed by atoms with E-state index in [0.717, 1.165) is 20.6 Å². The van der Waals surface area contributed by atoms with Crippen molar-refractivity contribution in [3.63, 3.8) is 0 Å². The second-order valence-corrected chi connectivity index (χ2v) is 6.09. The molecule has 82 valence electrons. The number of rotatable bonds is 3. The molecule has 1 saturated heterocycles. The van der Waals surface area contributed by atoms with Gasteiger partial charge in [0.25, 0.3) is 0 Å². The number of nitrogens with zero attached hydrogens (tertiary/aromatic N) is 1. The molecule has 0 bridgehead atoms. The molecule has 0 aromatic rings. The van der Waals surface area contributed by atoms with Crippen molar-refractivity contribution < 1.29 is 0 Å². The largest absolute Gasteiger partial charge is 0.288 e. The summed E-state index contributed by atoms with van der Waals surface area (Å²) in [6.45, 7) is 5.78. The Morgan fingerprint density at radius 3 is 3.00 bits per heavy atom. The summed E-state index contributed by atoms with van der Waals surface area (Å²) in [5, 5.41) is 0. The summed E-state index contributed by atoms with van der Waals surface area (Å²) in [4.78, 5) is 0. The van der Waals surface area contributed by atoms with E-state index in [1.54, 1.807) is 0 Å². The van der Waals surface area contributed by atoms with E-state index in [4.69, 9.17) is 0 Å². The lowest BCUT2D eigenvalue weighted by molar-refractivity contribution is 0.377. The van der Waals surface area contributed by atoms with Crippen LogP contribution < -0.4 is 0 Å². The first-order valence-corrected chi connectivity index (χ1v) is 6.95. The van der Waals surface area contributed by atoms with Crippen LogP contribution in [0.1, 0.15) is 33.1 Å². The van der Waals surface area contributed by atoms with Crippen molar-refractivity contribution in [2.24, 2.45) is 11.8 Å². The van der Waals surface area contributed by atoms with Gasteiger partial charge < -0.3 is 0 Å². The second kappa shape index (κ2) is 6.58. The molecule has 2 heteroatoms. The van der Waals surface area contributed by atoms with Crippen molar-refractivity contribution in [2.45, 2.75) is 33.1 Å². The molecule has 0 aromatic heterocycles. The van der Waals surface area contributed by atoms with Crippen LogP contribution >= 0.6 is 8.73 Å². The molecule has 1 heterocycles. The summed E-state index contributed by atoms with van der Waals surface area (Å²) in [5.41, 5.74) is 0. The summed E-state index contributed by atoms with van der Waals surface area (Å²) >= 11 is 0. The number of hydrogen-bond donors (Lipinski definition) is 0. The summed E-state index contributed by atoms with van der Waals surface area (Å²) < 4.78 is 2.50. The van der Waals surface area contributed by atoms with Gasteiger partial charge in [-0.1, -0.05) is 27.8 Å². The molecule has 3 unspecified atom stereocenters. The Morgan fingerprint density at radius 2 is 2.29 bits per heavy atom. The lowest BCUT2D eigenvalue weighted by Crippen LogP contribution is -2.11. The topological polar surface area (TPSA) is 3.24 Å². The standard InChI is InChI=1S/C12H24NP/c1-4-5-11(2)10-12-6-8-13(3)14-9-7-12/h4-5,11-12,14H,6-10H2,1-3H3. The van der Waals surface area contributed by atoms with Crippen LogP contribution in [0.25, 0.3) is 0 Å². The van der Waals surface area contributed by atoms with Crippen LogP contribution in [0.4, 0.5) is 0 Å². The summed E-state index contributed by atoms with van der Waals surface area (Å²) in [6.07, 6.45) is 10.2. The molecule has 1 fully saturated rings. The lowest BCUT2D eigenvalue weighted by Gasteiger charge is -2.17. The van der Waals surface area contributed by atoms with Gasteiger partial charge in [-0.2, -0.15) is 0 Å². The fourth-order valence-corrected chi connectivity index (χ4v) is 3.43. The summed E-state index contributed by atoms with van der Waals surface area (Å²) in [5.74, 6) is 1.75. The average molecular weight is 213 g/mol. The first-order chi connectivity index (χ1) is 6.72. The third-order valence-corrected chi connectivity index (χ3v) is 4.31. The smallest absolute Gasteiger partial charge is 0.00182 e. The van der Waals surface area contributed by atoms with Gasteiger partial charge in [0.05, 0.1) is 0 Å². The highest BCUT2D eigenvalue weighted by Gasteiger charge is 2.16. The van der Waals surface area contributed by atoms with Crippen molar-refractivity contribution in [2.75, 3.05) is 19.8 Å². The maximum atomic E-state index is 2.50. The predicted octanol–water partition coefficient (Wildman–Crippen LogP) is 3.52. The molecular formula is C12H24NP. The molecule has 0 radical (unpaired) electrons. The highest BCUT2D eigenvalue weighted by atomic mass is 31.1. The minimum absolute atomic E-state index is 0.775. The van der Waals surface area contributed by atoms with Crippen LogP contribution in [-0.2, 0) is 0 Å². The fourth-order valence-electron chi connectivity index (χ4n) is 2.23. The summed E-state index contributed by atoms with van der Waals surface area (Å²) in [7, 11) is 3.33. The van der Waals surface area contributed by atoms with E-state index in [9.17, 15) is 0 Å². The number of hydrogen-bond acceptors (Lipinski definition) is 1. The van der Waals surface area contributed by atoms with E-state index in [1.807, 2.05) is 0 Å². The molecule has 3 atom stereocenters. The van der Waals surface area contributed by atoms with Crippen molar-refractivity contribution in [1.29, 1.82) is 0 Å². The predicted molar refractivity (Wildman–Crippen MR) is 67.1 cm³/mol. The van der Waals surface area contributed by atoms with E-state index in [1.165, 1.54) is 32.0 Å².